The molecule has 0 aliphatic carbocycles. The minimum absolute atomic E-state index is 0.484. The van der Waals surface area contributed by atoms with Crippen molar-refractivity contribution in [2.75, 3.05) is 7.11 Å². The molecule has 0 atom stereocenters. The van der Waals surface area contributed by atoms with E-state index < -0.39 is 0 Å². The third-order valence-electron chi connectivity index (χ3n) is 2.80. The highest BCUT2D eigenvalue weighted by molar-refractivity contribution is 7.99. The Morgan fingerprint density at radius 1 is 1.20 bits per heavy atom. The normalized spacial score (nSPS) is 10.8. The highest BCUT2D eigenvalue weighted by Gasteiger charge is 2.05. The molecule has 0 aliphatic heterocycles. The number of rotatable bonds is 6. The van der Waals surface area contributed by atoms with E-state index in [2.05, 4.69) is 36.3 Å². The van der Waals surface area contributed by atoms with Crippen molar-refractivity contribution >= 4 is 11.8 Å². The molecule has 0 radical (unpaired) electrons. The fourth-order valence-electron chi connectivity index (χ4n) is 1.71. The van der Waals surface area contributed by atoms with Gasteiger partial charge in [0, 0.05) is 18.8 Å². The number of methoxy groups -OCH3 is 1. The highest BCUT2D eigenvalue weighted by Crippen LogP contribution is 2.33. The summed E-state index contributed by atoms with van der Waals surface area (Å²) < 4.78 is 5.35. The van der Waals surface area contributed by atoms with Crippen LogP contribution in [0.1, 0.15) is 19.4 Å². The van der Waals surface area contributed by atoms with E-state index in [1.54, 1.807) is 18.9 Å². The van der Waals surface area contributed by atoms with Crippen LogP contribution in [0.25, 0.3) is 0 Å². The van der Waals surface area contributed by atoms with Crippen molar-refractivity contribution in [1.82, 2.24) is 10.3 Å². The van der Waals surface area contributed by atoms with Crippen molar-refractivity contribution in [2.45, 2.75) is 36.4 Å². The van der Waals surface area contributed by atoms with Crippen LogP contribution in [0.4, 0.5) is 0 Å². The van der Waals surface area contributed by atoms with Crippen molar-refractivity contribution in [3.63, 3.8) is 0 Å². The highest BCUT2D eigenvalue weighted by atomic mass is 32.2. The topological polar surface area (TPSA) is 34.1 Å². The molecule has 0 aliphatic rings. The van der Waals surface area contributed by atoms with Gasteiger partial charge in [-0.3, -0.25) is 0 Å². The zero-order chi connectivity index (χ0) is 14.4. The molecule has 1 heterocycles. The molecule has 3 nitrogen and oxygen atoms in total. The molecule has 2 rings (SSSR count). The van der Waals surface area contributed by atoms with Gasteiger partial charge in [0.25, 0.3) is 0 Å². The number of ether oxygens (including phenoxy) is 1. The number of aromatic nitrogens is 1. The molecular formula is C16H20N2OS. The molecular weight excluding hydrogens is 268 g/mol. The lowest BCUT2D eigenvalue weighted by atomic mass is 10.2. The van der Waals surface area contributed by atoms with E-state index >= 15 is 0 Å². The Hall–Kier alpha value is -1.52. The number of nitrogens with one attached hydrogen (secondary N) is 1. The molecule has 0 bridgehead atoms. The first kappa shape index (κ1) is 14.9. The maximum Gasteiger partial charge on any atom is 0.132 e. The summed E-state index contributed by atoms with van der Waals surface area (Å²) in [6.45, 7) is 5.13. The van der Waals surface area contributed by atoms with E-state index in [0.717, 1.165) is 22.2 Å². The SMILES string of the molecule is COc1ccccc1Sc1ccc(CNC(C)C)cn1. The summed E-state index contributed by atoms with van der Waals surface area (Å²) in [4.78, 5) is 5.57. The van der Waals surface area contributed by atoms with E-state index in [1.165, 1.54) is 5.56 Å². The summed E-state index contributed by atoms with van der Waals surface area (Å²) in [6, 6.07) is 12.6. The Bertz CT molecular complexity index is 540. The second-order valence-electron chi connectivity index (χ2n) is 4.79. The maximum absolute atomic E-state index is 5.35. The van der Waals surface area contributed by atoms with E-state index in [0.29, 0.717) is 6.04 Å². The van der Waals surface area contributed by atoms with Gasteiger partial charge in [0.2, 0.25) is 0 Å². The summed E-state index contributed by atoms with van der Waals surface area (Å²) in [5, 5.41) is 4.36. The Morgan fingerprint density at radius 3 is 2.65 bits per heavy atom. The molecule has 0 unspecified atom stereocenters. The number of para-hydroxylation sites is 1. The van der Waals surface area contributed by atoms with Crippen molar-refractivity contribution in [1.29, 1.82) is 0 Å². The smallest absolute Gasteiger partial charge is 0.132 e. The number of nitrogens with zero attached hydrogens (tertiary/aromatic N) is 1. The molecule has 4 heteroatoms. The third-order valence-corrected chi connectivity index (χ3v) is 3.80. The largest absolute Gasteiger partial charge is 0.496 e. The van der Waals surface area contributed by atoms with Crippen LogP contribution in [0.2, 0.25) is 0 Å². The second-order valence-corrected chi connectivity index (χ2v) is 5.86. The van der Waals surface area contributed by atoms with Gasteiger partial charge in [-0.2, -0.15) is 0 Å². The van der Waals surface area contributed by atoms with Gasteiger partial charge >= 0.3 is 0 Å². The molecule has 0 spiro atoms. The van der Waals surface area contributed by atoms with Gasteiger partial charge in [-0.1, -0.05) is 43.8 Å². The second kappa shape index (κ2) is 7.31. The first-order chi connectivity index (χ1) is 9.69. The van der Waals surface area contributed by atoms with Crippen molar-refractivity contribution in [2.24, 2.45) is 0 Å². The van der Waals surface area contributed by atoms with Crippen LogP contribution in [0.3, 0.4) is 0 Å². The van der Waals surface area contributed by atoms with Crippen LogP contribution >= 0.6 is 11.8 Å². The summed E-state index contributed by atoms with van der Waals surface area (Å²) in [7, 11) is 1.69. The number of pyridine rings is 1. The molecule has 1 aromatic carbocycles. The summed E-state index contributed by atoms with van der Waals surface area (Å²) in [5.41, 5.74) is 1.20. The van der Waals surface area contributed by atoms with Gasteiger partial charge in [-0.05, 0) is 23.8 Å². The molecule has 1 aromatic heterocycles. The molecule has 0 saturated carbocycles. The number of benzene rings is 1. The lowest BCUT2D eigenvalue weighted by Crippen LogP contribution is -2.21. The lowest BCUT2D eigenvalue weighted by Gasteiger charge is -2.09. The first-order valence-electron chi connectivity index (χ1n) is 6.68. The molecule has 0 amide bonds. The minimum atomic E-state index is 0.484. The minimum Gasteiger partial charge on any atom is -0.496 e. The molecule has 1 N–H and O–H groups in total. The third kappa shape index (κ3) is 4.25. The van der Waals surface area contributed by atoms with Crippen LogP contribution in [0.5, 0.6) is 5.75 Å². The first-order valence-corrected chi connectivity index (χ1v) is 7.50. The summed E-state index contributed by atoms with van der Waals surface area (Å²) >= 11 is 1.62. The van der Waals surface area contributed by atoms with E-state index in [9.17, 15) is 0 Å². The van der Waals surface area contributed by atoms with Crippen LogP contribution in [-0.4, -0.2) is 18.1 Å². The van der Waals surface area contributed by atoms with E-state index in [4.69, 9.17) is 4.74 Å². The average Bonchev–Trinajstić information content (AvgIpc) is 2.47. The van der Waals surface area contributed by atoms with Gasteiger partial charge in [0.05, 0.1) is 12.0 Å². The van der Waals surface area contributed by atoms with Gasteiger partial charge in [-0.15, -0.1) is 0 Å². The van der Waals surface area contributed by atoms with Crippen LogP contribution in [0.15, 0.2) is 52.5 Å². The Kier molecular flexibility index (Phi) is 5.44. The van der Waals surface area contributed by atoms with Gasteiger partial charge in [0.15, 0.2) is 0 Å². The Labute approximate surface area is 124 Å². The zero-order valence-corrected chi connectivity index (χ0v) is 12.9. The fraction of sp³-hybridized carbons (Fsp3) is 0.312. The molecule has 0 saturated heterocycles. The standard InChI is InChI=1S/C16H20N2OS/c1-12(2)17-10-13-8-9-16(18-11-13)20-15-7-5-4-6-14(15)19-3/h4-9,11-12,17H,10H2,1-3H3. The molecule has 0 fully saturated rings. The van der Waals surface area contributed by atoms with Gasteiger partial charge < -0.3 is 10.1 Å². The summed E-state index contributed by atoms with van der Waals surface area (Å²) in [5.74, 6) is 0.879. The fourth-order valence-corrected chi connectivity index (χ4v) is 2.58. The summed E-state index contributed by atoms with van der Waals surface area (Å²) in [6.07, 6.45) is 1.92. The monoisotopic (exact) mass is 288 g/mol. The van der Waals surface area contributed by atoms with E-state index in [-0.39, 0.29) is 0 Å². The predicted molar refractivity (Wildman–Crippen MR) is 83.3 cm³/mol. The van der Waals surface area contributed by atoms with Crippen molar-refractivity contribution in [3.8, 4) is 5.75 Å². The maximum atomic E-state index is 5.35. The predicted octanol–water partition coefficient (Wildman–Crippen LogP) is 3.74. The van der Waals surface area contributed by atoms with Crippen molar-refractivity contribution < 1.29 is 4.74 Å². The number of hydrogen-bond donors (Lipinski definition) is 1. The Balaban J connectivity index is 2.03. The quantitative estimate of drug-likeness (QED) is 0.878. The van der Waals surface area contributed by atoms with Crippen LogP contribution < -0.4 is 10.1 Å². The number of hydrogen-bond acceptors (Lipinski definition) is 4. The zero-order valence-electron chi connectivity index (χ0n) is 12.1. The Morgan fingerprint density at radius 2 is 2.00 bits per heavy atom. The van der Waals surface area contributed by atoms with Crippen molar-refractivity contribution in [3.05, 3.63) is 48.2 Å². The molecule has 20 heavy (non-hydrogen) atoms. The molecule has 2 aromatic rings. The average molecular weight is 288 g/mol. The molecule has 106 valence electrons. The van der Waals surface area contributed by atoms with E-state index in [1.807, 2.05) is 30.5 Å². The lowest BCUT2D eigenvalue weighted by molar-refractivity contribution is 0.405. The van der Waals surface area contributed by atoms with Gasteiger partial charge in [0.1, 0.15) is 10.8 Å². The van der Waals surface area contributed by atoms with Crippen LogP contribution in [0, 0.1) is 0 Å². The van der Waals surface area contributed by atoms with Crippen LogP contribution in [-0.2, 0) is 6.54 Å². The van der Waals surface area contributed by atoms with Gasteiger partial charge in [-0.25, -0.2) is 4.98 Å².